The molecule has 1 heterocycles. The predicted octanol–water partition coefficient (Wildman–Crippen LogP) is 3.69. The number of ether oxygens (including phenoxy) is 2. The molecule has 2 unspecified atom stereocenters. The zero-order chi connectivity index (χ0) is 16.9. The molecule has 0 aliphatic carbocycles. The zero-order valence-electron chi connectivity index (χ0n) is 14.5. The lowest BCUT2D eigenvalue weighted by Gasteiger charge is -2.19. The number of amides is 1. The number of rotatable bonds is 5. The second kappa shape index (κ2) is 7.68. The number of hydrogen-bond donors (Lipinski definition) is 2. The molecule has 1 saturated heterocycles. The lowest BCUT2D eigenvalue weighted by Crippen LogP contribution is -2.32. The standard InChI is InChI=1S/C18H28N2O3/c1-13-8-9-16(22-13)12-19-15-7-5-6-14(10-15)11-20-17(21)23-18(2,3)4/h5-7,10,13,16,19H,8-9,11-12H2,1-4H3,(H,20,21). The van der Waals surface area contributed by atoms with E-state index in [9.17, 15) is 4.79 Å². The predicted molar refractivity (Wildman–Crippen MR) is 91.6 cm³/mol. The van der Waals surface area contributed by atoms with E-state index >= 15 is 0 Å². The van der Waals surface area contributed by atoms with Gasteiger partial charge in [-0.05, 0) is 58.2 Å². The first-order valence-corrected chi connectivity index (χ1v) is 8.27. The Morgan fingerprint density at radius 1 is 1.35 bits per heavy atom. The van der Waals surface area contributed by atoms with Crippen LogP contribution in [-0.2, 0) is 16.0 Å². The molecule has 1 aromatic rings. The fourth-order valence-corrected chi connectivity index (χ4v) is 2.55. The van der Waals surface area contributed by atoms with Crippen LogP contribution in [0.4, 0.5) is 10.5 Å². The summed E-state index contributed by atoms with van der Waals surface area (Å²) >= 11 is 0. The maximum absolute atomic E-state index is 11.7. The number of carbonyl (C=O) groups excluding carboxylic acids is 1. The highest BCUT2D eigenvalue weighted by molar-refractivity contribution is 5.67. The fourth-order valence-electron chi connectivity index (χ4n) is 2.55. The van der Waals surface area contributed by atoms with Crippen molar-refractivity contribution in [2.75, 3.05) is 11.9 Å². The van der Waals surface area contributed by atoms with Crippen LogP contribution in [0.1, 0.15) is 46.1 Å². The minimum Gasteiger partial charge on any atom is -0.444 e. The topological polar surface area (TPSA) is 59.6 Å². The van der Waals surface area contributed by atoms with Crippen LogP contribution in [0.15, 0.2) is 24.3 Å². The Balaban J connectivity index is 1.79. The third-order valence-electron chi connectivity index (χ3n) is 3.62. The number of anilines is 1. The van der Waals surface area contributed by atoms with Crippen molar-refractivity contribution in [1.29, 1.82) is 0 Å². The highest BCUT2D eigenvalue weighted by atomic mass is 16.6. The van der Waals surface area contributed by atoms with E-state index in [0.717, 1.165) is 30.6 Å². The first-order chi connectivity index (χ1) is 10.8. The normalized spacial score (nSPS) is 21.0. The van der Waals surface area contributed by atoms with Crippen molar-refractivity contribution in [3.63, 3.8) is 0 Å². The summed E-state index contributed by atoms with van der Waals surface area (Å²) < 4.78 is 11.0. The van der Waals surface area contributed by atoms with Crippen LogP contribution in [-0.4, -0.2) is 30.4 Å². The van der Waals surface area contributed by atoms with Crippen molar-refractivity contribution < 1.29 is 14.3 Å². The molecule has 0 aromatic heterocycles. The molecular weight excluding hydrogens is 292 g/mol. The van der Waals surface area contributed by atoms with E-state index < -0.39 is 11.7 Å². The van der Waals surface area contributed by atoms with Crippen molar-refractivity contribution in [3.05, 3.63) is 29.8 Å². The minimum absolute atomic E-state index is 0.286. The van der Waals surface area contributed by atoms with Crippen molar-refractivity contribution in [3.8, 4) is 0 Å². The number of nitrogens with one attached hydrogen (secondary N) is 2. The molecule has 0 bridgehead atoms. The average molecular weight is 320 g/mol. The molecule has 23 heavy (non-hydrogen) atoms. The van der Waals surface area contributed by atoms with E-state index in [4.69, 9.17) is 9.47 Å². The Bertz CT molecular complexity index is 525. The molecule has 1 fully saturated rings. The van der Waals surface area contributed by atoms with E-state index in [1.54, 1.807) is 0 Å². The van der Waals surface area contributed by atoms with Crippen LogP contribution < -0.4 is 10.6 Å². The van der Waals surface area contributed by atoms with Crippen LogP contribution in [0.3, 0.4) is 0 Å². The van der Waals surface area contributed by atoms with Crippen LogP contribution in [0.2, 0.25) is 0 Å². The third-order valence-corrected chi connectivity index (χ3v) is 3.62. The van der Waals surface area contributed by atoms with Gasteiger partial charge in [-0.1, -0.05) is 12.1 Å². The maximum Gasteiger partial charge on any atom is 0.407 e. The molecule has 2 N–H and O–H groups in total. The van der Waals surface area contributed by atoms with Crippen molar-refractivity contribution in [1.82, 2.24) is 5.32 Å². The zero-order valence-corrected chi connectivity index (χ0v) is 14.5. The molecule has 128 valence electrons. The first kappa shape index (κ1) is 17.6. The molecular formula is C18H28N2O3. The third kappa shape index (κ3) is 6.48. The number of carbonyl (C=O) groups is 1. The van der Waals surface area contributed by atoms with Crippen LogP contribution in [0.25, 0.3) is 0 Å². The molecule has 2 rings (SSSR count). The van der Waals surface area contributed by atoms with Crippen LogP contribution in [0, 0.1) is 0 Å². The molecule has 1 aliphatic rings. The van der Waals surface area contributed by atoms with Gasteiger partial charge in [-0.25, -0.2) is 4.79 Å². The number of hydrogen-bond acceptors (Lipinski definition) is 4. The SMILES string of the molecule is CC1CCC(CNc2cccc(CNC(=O)OC(C)(C)C)c2)O1. The van der Waals surface area contributed by atoms with Gasteiger partial charge in [0.15, 0.2) is 0 Å². The summed E-state index contributed by atoms with van der Waals surface area (Å²) in [4.78, 5) is 11.7. The quantitative estimate of drug-likeness (QED) is 0.868. The molecule has 1 amide bonds. The van der Waals surface area contributed by atoms with Crippen molar-refractivity contribution in [2.24, 2.45) is 0 Å². The van der Waals surface area contributed by atoms with Gasteiger partial charge < -0.3 is 20.1 Å². The Labute approximate surface area is 138 Å². The molecule has 0 radical (unpaired) electrons. The molecule has 0 spiro atoms. The summed E-state index contributed by atoms with van der Waals surface area (Å²) in [5.74, 6) is 0. The summed E-state index contributed by atoms with van der Waals surface area (Å²) in [6, 6.07) is 8.02. The Hall–Kier alpha value is -1.75. The summed E-state index contributed by atoms with van der Waals surface area (Å²) in [6.45, 7) is 8.92. The number of alkyl carbamates (subject to hydrolysis) is 1. The van der Waals surface area contributed by atoms with Crippen molar-refractivity contribution >= 4 is 11.8 Å². The van der Waals surface area contributed by atoms with Gasteiger partial charge in [0.2, 0.25) is 0 Å². The molecule has 1 aliphatic heterocycles. The Morgan fingerprint density at radius 3 is 2.78 bits per heavy atom. The van der Waals surface area contributed by atoms with E-state index in [1.807, 2.05) is 45.0 Å². The lowest BCUT2D eigenvalue weighted by atomic mass is 10.2. The van der Waals surface area contributed by atoms with Gasteiger partial charge >= 0.3 is 6.09 Å². The van der Waals surface area contributed by atoms with Gasteiger partial charge in [0.1, 0.15) is 5.60 Å². The minimum atomic E-state index is -0.480. The van der Waals surface area contributed by atoms with Gasteiger partial charge in [0.05, 0.1) is 12.2 Å². The molecule has 2 atom stereocenters. The molecule has 5 nitrogen and oxygen atoms in total. The monoisotopic (exact) mass is 320 g/mol. The van der Waals surface area contributed by atoms with Gasteiger partial charge in [-0.3, -0.25) is 0 Å². The van der Waals surface area contributed by atoms with Gasteiger partial charge in [-0.15, -0.1) is 0 Å². The summed E-state index contributed by atoms with van der Waals surface area (Å²) in [5, 5.41) is 6.18. The summed E-state index contributed by atoms with van der Waals surface area (Å²) in [6.07, 6.45) is 2.49. The second-order valence-electron chi connectivity index (χ2n) is 7.08. The van der Waals surface area contributed by atoms with Crippen LogP contribution >= 0.6 is 0 Å². The van der Waals surface area contributed by atoms with E-state index in [-0.39, 0.29) is 6.10 Å². The van der Waals surface area contributed by atoms with Gasteiger partial charge in [0.25, 0.3) is 0 Å². The first-order valence-electron chi connectivity index (χ1n) is 8.27. The number of benzene rings is 1. The van der Waals surface area contributed by atoms with Gasteiger partial charge in [0, 0.05) is 18.8 Å². The maximum atomic E-state index is 11.7. The second-order valence-corrected chi connectivity index (χ2v) is 7.08. The molecule has 5 heteroatoms. The smallest absolute Gasteiger partial charge is 0.407 e. The van der Waals surface area contributed by atoms with E-state index in [1.165, 1.54) is 0 Å². The lowest BCUT2D eigenvalue weighted by molar-refractivity contribution is 0.0523. The average Bonchev–Trinajstić information content (AvgIpc) is 2.87. The molecule has 1 aromatic carbocycles. The Morgan fingerprint density at radius 2 is 2.13 bits per heavy atom. The highest BCUT2D eigenvalue weighted by Gasteiger charge is 2.21. The Kier molecular flexibility index (Phi) is 5.88. The largest absolute Gasteiger partial charge is 0.444 e. The molecule has 0 saturated carbocycles. The fraction of sp³-hybridized carbons (Fsp3) is 0.611. The van der Waals surface area contributed by atoms with E-state index in [2.05, 4.69) is 17.6 Å². The van der Waals surface area contributed by atoms with Crippen molar-refractivity contribution in [2.45, 2.75) is 64.9 Å². The van der Waals surface area contributed by atoms with Crippen LogP contribution in [0.5, 0.6) is 0 Å². The summed E-state index contributed by atoms with van der Waals surface area (Å²) in [7, 11) is 0. The highest BCUT2D eigenvalue weighted by Crippen LogP contribution is 2.20. The summed E-state index contributed by atoms with van der Waals surface area (Å²) in [5.41, 5.74) is 1.59. The van der Waals surface area contributed by atoms with E-state index in [0.29, 0.717) is 12.6 Å². The van der Waals surface area contributed by atoms with Gasteiger partial charge in [-0.2, -0.15) is 0 Å².